The smallest absolute Gasteiger partial charge is 0.169 e. The van der Waals surface area contributed by atoms with Crippen LogP contribution in [-0.4, -0.2) is 10.2 Å². The van der Waals surface area contributed by atoms with Gasteiger partial charge in [0.1, 0.15) is 5.69 Å². The van der Waals surface area contributed by atoms with Gasteiger partial charge in [-0.2, -0.15) is 0 Å². The Morgan fingerprint density at radius 1 is 1.15 bits per heavy atom. The maximum atomic E-state index is 5.59. The summed E-state index contributed by atoms with van der Waals surface area (Å²) in [6.07, 6.45) is 0. The third kappa shape index (κ3) is 1.89. The second kappa shape index (κ2) is 3.47. The topological polar surface area (TPSA) is 38.9 Å². The average molecular weight is 259 g/mol. The molecule has 66 valence electrons. The van der Waals surface area contributed by atoms with Crippen LogP contribution in [0.25, 0.3) is 11.5 Å². The summed E-state index contributed by atoms with van der Waals surface area (Å²) in [6.45, 7) is 0. The Labute approximate surface area is 87.9 Å². The van der Waals surface area contributed by atoms with Crippen molar-refractivity contribution in [2.75, 3.05) is 0 Å². The highest BCUT2D eigenvalue weighted by Gasteiger charge is 2.04. The molecule has 0 saturated heterocycles. The van der Waals surface area contributed by atoms with E-state index in [0.29, 0.717) is 21.3 Å². The molecule has 2 aromatic heterocycles. The zero-order valence-corrected chi connectivity index (χ0v) is 8.71. The number of hydrogen-bond donors (Lipinski definition) is 0. The molecular weight excluding hydrogens is 255 g/mol. The van der Waals surface area contributed by atoms with Crippen molar-refractivity contribution in [2.45, 2.75) is 0 Å². The van der Waals surface area contributed by atoms with E-state index in [4.69, 9.17) is 16.0 Å². The third-order valence-electron chi connectivity index (χ3n) is 1.46. The van der Waals surface area contributed by atoms with Crippen LogP contribution < -0.4 is 0 Å². The molecule has 13 heavy (non-hydrogen) atoms. The number of halogens is 2. The van der Waals surface area contributed by atoms with Crippen LogP contribution >= 0.6 is 27.5 Å². The Morgan fingerprint density at radius 3 is 2.54 bits per heavy atom. The van der Waals surface area contributed by atoms with Gasteiger partial charge in [0.15, 0.2) is 15.6 Å². The summed E-state index contributed by atoms with van der Waals surface area (Å²) >= 11 is 8.79. The van der Waals surface area contributed by atoms with Crippen molar-refractivity contribution < 1.29 is 4.42 Å². The highest BCUT2D eigenvalue weighted by molar-refractivity contribution is 9.10. The van der Waals surface area contributed by atoms with E-state index in [1.807, 2.05) is 6.07 Å². The number of nitrogens with zero attached hydrogens (tertiary/aromatic N) is 2. The molecule has 2 rings (SSSR count). The Hall–Kier alpha value is -0.870. The fourth-order valence-electron chi connectivity index (χ4n) is 0.899. The Morgan fingerprint density at radius 2 is 2.00 bits per heavy atom. The quantitative estimate of drug-likeness (QED) is 0.790. The van der Waals surface area contributed by atoms with Crippen LogP contribution in [0.5, 0.6) is 0 Å². The number of hydrogen-bond acceptors (Lipinski definition) is 3. The lowest BCUT2D eigenvalue weighted by Crippen LogP contribution is -1.84. The van der Waals surface area contributed by atoms with E-state index in [1.54, 1.807) is 18.2 Å². The summed E-state index contributed by atoms with van der Waals surface area (Å²) in [7, 11) is 0. The van der Waals surface area contributed by atoms with E-state index >= 15 is 0 Å². The molecule has 5 heteroatoms. The van der Waals surface area contributed by atoms with Crippen molar-refractivity contribution in [3.8, 4) is 11.5 Å². The average Bonchev–Trinajstić information content (AvgIpc) is 2.53. The van der Waals surface area contributed by atoms with Gasteiger partial charge in [-0.05, 0) is 40.2 Å². The van der Waals surface area contributed by atoms with Crippen LogP contribution in [-0.2, 0) is 0 Å². The molecule has 0 N–H and O–H groups in total. The van der Waals surface area contributed by atoms with Gasteiger partial charge < -0.3 is 4.42 Å². The second-order valence-corrected chi connectivity index (χ2v) is 3.51. The van der Waals surface area contributed by atoms with Crippen LogP contribution in [0, 0.1) is 0 Å². The number of furan rings is 1. The van der Waals surface area contributed by atoms with E-state index in [1.165, 1.54) is 0 Å². The predicted octanol–water partition coefficient (Wildman–Crippen LogP) is 3.15. The maximum Gasteiger partial charge on any atom is 0.169 e. The van der Waals surface area contributed by atoms with Gasteiger partial charge in [-0.25, -0.2) is 0 Å². The summed E-state index contributed by atoms with van der Waals surface area (Å²) in [6, 6.07) is 7.02. The molecule has 3 nitrogen and oxygen atoms in total. The third-order valence-corrected chi connectivity index (χ3v) is 2.09. The van der Waals surface area contributed by atoms with Crippen molar-refractivity contribution in [2.24, 2.45) is 0 Å². The van der Waals surface area contributed by atoms with E-state index < -0.39 is 0 Å². The lowest BCUT2D eigenvalue weighted by atomic mass is 10.3. The SMILES string of the molecule is Clc1ccc(-c2ccc(Br)o2)nn1. The van der Waals surface area contributed by atoms with E-state index in [0.717, 1.165) is 0 Å². The molecule has 0 aliphatic carbocycles. The fraction of sp³-hybridized carbons (Fsp3) is 0. The van der Waals surface area contributed by atoms with Gasteiger partial charge >= 0.3 is 0 Å². The summed E-state index contributed by atoms with van der Waals surface area (Å²) < 4.78 is 5.95. The van der Waals surface area contributed by atoms with Crippen molar-refractivity contribution in [1.29, 1.82) is 0 Å². The molecule has 0 bridgehead atoms. The molecule has 0 aliphatic rings. The largest absolute Gasteiger partial charge is 0.448 e. The zero-order valence-electron chi connectivity index (χ0n) is 6.37. The fourth-order valence-corrected chi connectivity index (χ4v) is 1.31. The van der Waals surface area contributed by atoms with Crippen LogP contribution in [0.1, 0.15) is 0 Å². The van der Waals surface area contributed by atoms with Gasteiger partial charge in [0, 0.05) is 0 Å². The zero-order chi connectivity index (χ0) is 9.26. The van der Waals surface area contributed by atoms with Crippen molar-refractivity contribution >= 4 is 27.5 Å². The van der Waals surface area contributed by atoms with Gasteiger partial charge in [-0.3, -0.25) is 0 Å². The van der Waals surface area contributed by atoms with Crippen molar-refractivity contribution in [1.82, 2.24) is 10.2 Å². The van der Waals surface area contributed by atoms with E-state index in [-0.39, 0.29) is 0 Å². The molecular formula is C8H4BrClN2O. The summed E-state index contributed by atoms with van der Waals surface area (Å²) in [5.74, 6) is 0.663. The molecule has 0 spiro atoms. The normalized spacial score (nSPS) is 10.3. The molecule has 0 unspecified atom stereocenters. The molecule has 0 saturated carbocycles. The lowest BCUT2D eigenvalue weighted by molar-refractivity contribution is 0.552. The first kappa shape index (κ1) is 8.72. The van der Waals surface area contributed by atoms with Gasteiger partial charge in [-0.1, -0.05) is 11.6 Å². The van der Waals surface area contributed by atoms with E-state index in [9.17, 15) is 0 Å². The second-order valence-electron chi connectivity index (χ2n) is 2.35. The van der Waals surface area contributed by atoms with Crippen LogP contribution in [0.4, 0.5) is 0 Å². The lowest BCUT2D eigenvalue weighted by Gasteiger charge is -1.93. The summed E-state index contributed by atoms with van der Waals surface area (Å²) in [5, 5.41) is 7.94. The van der Waals surface area contributed by atoms with Crippen LogP contribution in [0.2, 0.25) is 5.15 Å². The first-order chi connectivity index (χ1) is 6.25. The Bertz CT molecular complexity index is 412. The molecule has 0 aliphatic heterocycles. The molecule has 2 aromatic rings. The minimum Gasteiger partial charge on any atom is -0.448 e. The molecule has 0 atom stereocenters. The van der Waals surface area contributed by atoms with Crippen LogP contribution in [0.15, 0.2) is 33.4 Å². The molecule has 0 aromatic carbocycles. The monoisotopic (exact) mass is 258 g/mol. The molecule has 0 fully saturated rings. The summed E-state index contributed by atoms with van der Waals surface area (Å²) in [4.78, 5) is 0. The number of aromatic nitrogens is 2. The van der Waals surface area contributed by atoms with Gasteiger partial charge in [-0.15, -0.1) is 10.2 Å². The molecule has 0 radical (unpaired) electrons. The van der Waals surface area contributed by atoms with Gasteiger partial charge in [0.05, 0.1) is 0 Å². The highest BCUT2D eigenvalue weighted by Crippen LogP contribution is 2.23. The minimum atomic E-state index is 0.370. The molecule has 0 amide bonds. The Balaban J connectivity index is 2.41. The highest BCUT2D eigenvalue weighted by atomic mass is 79.9. The summed E-state index contributed by atoms with van der Waals surface area (Å²) in [5.41, 5.74) is 0.662. The van der Waals surface area contributed by atoms with Gasteiger partial charge in [0.25, 0.3) is 0 Å². The minimum absolute atomic E-state index is 0.370. The predicted molar refractivity (Wildman–Crippen MR) is 52.4 cm³/mol. The maximum absolute atomic E-state index is 5.59. The first-order valence-electron chi connectivity index (χ1n) is 3.50. The number of rotatable bonds is 1. The Kier molecular flexibility index (Phi) is 2.33. The van der Waals surface area contributed by atoms with Gasteiger partial charge in [0.2, 0.25) is 0 Å². The first-order valence-corrected chi connectivity index (χ1v) is 4.68. The standard InChI is InChI=1S/C8H4BrClN2O/c9-7-3-2-6(13-7)5-1-4-8(10)12-11-5/h1-4H. The van der Waals surface area contributed by atoms with Crippen LogP contribution in [0.3, 0.4) is 0 Å². The van der Waals surface area contributed by atoms with Crippen molar-refractivity contribution in [3.63, 3.8) is 0 Å². The molecule has 2 heterocycles. The van der Waals surface area contributed by atoms with Crippen molar-refractivity contribution in [3.05, 3.63) is 34.1 Å². The van der Waals surface area contributed by atoms with E-state index in [2.05, 4.69) is 26.1 Å².